The molecule has 0 aromatic rings. The average molecular weight is 268 g/mol. The van der Waals surface area contributed by atoms with Gasteiger partial charge in [-0.1, -0.05) is 34.1 Å². The normalized spacial score (nSPS) is 27.5. The Kier molecular flexibility index (Phi) is 8.01. The summed E-state index contributed by atoms with van der Waals surface area (Å²) < 4.78 is 0. The van der Waals surface area contributed by atoms with Crippen LogP contribution in [-0.2, 0) is 0 Å². The lowest BCUT2D eigenvalue weighted by Gasteiger charge is -2.42. The largest absolute Gasteiger partial charge is 0.313 e. The minimum Gasteiger partial charge on any atom is -0.313 e. The summed E-state index contributed by atoms with van der Waals surface area (Å²) in [7, 11) is 2.37. The Balaban J connectivity index is 2.60. The second-order valence-corrected chi connectivity index (χ2v) is 6.51. The van der Waals surface area contributed by atoms with Gasteiger partial charge in [0.05, 0.1) is 0 Å². The molecule has 1 saturated carbocycles. The number of nitrogens with one attached hydrogen (secondary N) is 1. The number of hydrogen-bond acceptors (Lipinski definition) is 2. The van der Waals surface area contributed by atoms with E-state index in [0.29, 0.717) is 12.1 Å². The van der Waals surface area contributed by atoms with Crippen LogP contribution in [0.3, 0.4) is 0 Å². The Labute approximate surface area is 121 Å². The Morgan fingerprint density at radius 1 is 1.11 bits per heavy atom. The lowest BCUT2D eigenvalue weighted by atomic mass is 9.85. The van der Waals surface area contributed by atoms with Gasteiger partial charge in [0.1, 0.15) is 0 Å². The second-order valence-electron chi connectivity index (χ2n) is 6.51. The van der Waals surface area contributed by atoms with Crippen molar-refractivity contribution in [2.45, 2.75) is 90.8 Å². The van der Waals surface area contributed by atoms with E-state index in [2.05, 4.69) is 45.0 Å². The Hall–Kier alpha value is -0.0800. The molecule has 1 rings (SSSR count). The van der Waals surface area contributed by atoms with Gasteiger partial charge in [-0.25, -0.2) is 0 Å². The van der Waals surface area contributed by atoms with Crippen LogP contribution >= 0.6 is 0 Å². The van der Waals surface area contributed by atoms with Gasteiger partial charge in [-0.3, -0.25) is 4.90 Å². The van der Waals surface area contributed by atoms with Crippen LogP contribution < -0.4 is 5.32 Å². The van der Waals surface area contributed by atoms with Crippen LogP contribution in [0.5, 0.6) is 0 Å². The molecule has 2 unspecified atom stereocenters. The maximum Gasteiger partial charge on any atom is 0.0246 e. The highest BCUT2D eigenvalue weighted by atomic mass is 15.2. The molecule has 1 aliphatic carbocycles. The first kappa shape index (κ1) is 17.0. The fraction of sp³-hybridized carbons (Fsp3) is 1.00. The van der Waals surface area contributed by atoms with Crippen LogP contribution in [0.1, 0.15) is 72.6 Å². The number of nitrogens with zero attached hydrogens (tertiary/aromatic N) is 1. The Morgan fingerprint density at radius 3 is 2.21 bits per heavy atom. The Bertz CT molecular complexity index is 215. The van der Waals surface area contributed by atoms with Gasteiger partial charge in [0, 0.05) is 18.1 Å². The van der Waals surface area contributed by atoms with Crippen molar-refractivity contribution in [3.8, 4) is 0 Å². The zero-order valence-corrected chi connectivity index (χ0v) is 13.9. The molecule has 2 atom stereocenters. The van der Waals surface area contributed by atoms with E-state index in [9.17, 15) is 0 Å². The van der Waals surface area contributed by atoms with Crippen molar-refractivity contribution < 1.29 is 0 Å². The second kappa shape index (κ2) is 8.97. The van der Waals surface area contributed by atoms with Gasteiger partial charge in [-0.2, -0.15) is 0 Å². The number of likely N-dealkylation sites (N-methyl/N-ethyl adjacent to an activating group) is 2. The van der Waals surface area contributed by atoms with Crippen molar-refractivity contribution >= 4 is 0 Å². The highest BCUT2D eigenvalue weighted by Crippen LogP contribution is 2.29. The molecule has 0 amide bonds. The summed E-state index contributed by atoms with van der Waals surface area (Å²) in [6.45, 7) is 10.4. The first-order valence-electron chi connectivity index (χ1n) is 8.59. The highest BCUT2D eigenvalue weighted by molar-refractivity contribution is 4.87. The van der Waals surface area contributed by atoms with E-state index in [0.717, 1.165) is 18.5 Å². The summed E-state index contributed by atoms with van der Waals surface area (Å²) in [5, 5.41) is 3.72. The van der Waals surface area contributed by atoms with E-state index in [4.69, 9.17) is 0 Å². The van der Waals surface area contributed by atoms with Gasteiger partial charge in [0.15, 0.2) is 0 Å². The lowest BCUT2D eigenvalue weighted by molar-refractivity contribution is 0.0942. The first-order chi connectivity index (χ1) is 9.13. The van der Waals surface area contributed by atoms with Crippen molar-refractivity contribution in [2.24, 2.45) is 5.92 Å². The quantitative estimate of drug-likeness (QED) is 0.714. The molecule has 0 aromatic heterocycles. The van der Waals surface area contributed by atoms with E-state index in [1.54, 1.807) is 0 Å². The molecule has 1 fully saturated rings. The molecule has 114 valence electrons. The summed E-state index contributed by atoms with van der Waals surface area (Å²) in [5.74, 6) is 0.949. The fourth-order valence-electron chi connectivity index (χ4n) is 3.78. The summed E-state index contributed by atoms with van der Waals surface area (Å²) in [6.07, 6.45) is 9.50. The monoisotopic (exact) mass is 268 g/mol. The minimum absolute atomic E-state index is 0.671. The summed E-state index contributed by atoms with van der Waals surface area (Å²) >= 11 is 0. The van der Waals surface area contributed by atoms with Gasteiger partial charge >= 0.3 is 0 Å². The maximum absolute atomic E-state index is 3.72. The zero-order chi connectivity index (χ0) is 14.3. The molecular formula is C17H36N2. The SMILES string of the molecule is CCCC(NCC)C(CC)N(C)C1CCC(C)CC1. The standard InChI is InChI=1S/C17H36N2/c1-6-9-16(18-8-3)17(7-2)19(5)15-12-10-14(4)11-13-15/h14-18H,6-13H2,1-5H3. The highest BCUT2D eigenvalue weighted by Gasteiger charge is 2.29. The van der Waals surface area contributed by atoms with E-state index >= 15 is 0 Å². The van der Waals surface area contributed by atoms with Crippen molar-refractivity contribution in [3.05, 3.63) is 0 Å². The predicted molar refractivity (Wildman–Crippen MR) is 85.6 cm³/mol. The van der Waals surface area contributed by atoms with Crippen LogP contribution in [0, 0.1) is 5.92 Å². The third kappa shape index (κ3) is 5.07. The van der Waals surface area contributed by atoms with Gasteiger partial charge in [0.2, 0.25) is 0 Å². The lowest BCUT2D eigenvalue weighted by Crippen LogP contribution is -2.52. The van der Waals surface area contributed by atoms with Crippen molar-refractivity contribution in [2.75, 3.05) is 13.6 Å². The van der Waals surface area contributed by atoms with E-state index in [1.807, 2.05) is 0 Å². The van der Waals surface area contributed by atoms with Gasteiger partial charge in [-0.15, -0.1) is 0 Å². The van der Waals surface area contributed by atoms with Crippen LogP contribution in [0.25, 0.3) is 0 Å². The van der Waals surface area contributed by atoms with E-state index < -0.39 is 0 Å². The van der Waals surface area contributed by atoms with Crippen LogP contribution in [-0.4, -0.2) is 36.6 Å². The third-order valence-electron chi connectivity index (χ3n) is 5.03. The molecule has 0 heterocycles. The maximum atomic E-state index is 3.72. The summed E-state index contributed by atoms with van der Waals surface area (Å²) in [5.41, 5.74) is 0. The molecule has 1 aliphatic rings. The molecule has 19 heavy (non-hydrogen) atoms. The molecule has 0 saturated heterocycles. The minimum atomic E-state index is 0.671. The van der Waals surface area contributed by atoms with E-state index in [1.165, 1.54) is 44.9 Å². The van der Waals surface area contributed by atoms with Gasteiger partial charge in [0.25, 0.3) is 0 Å². The topological polar surface area (TPSA) is 15.3 Å². The fourth-order valence-corrected chi connectivity index (χ4v) is 3.78. The molecule has 0 radical (unpaired) electrons. The Morgan fingerprint density at radius 2 is 1.74 bits per heavy atom. The zero-order valence-electron chi connectivity index (χ0n) is 13.9. The van der Waals surface area contributed by atoms with Crippen LogP contribution in [0.15, 0.2) is 0 Å². The van der Waals surface area contributed by atoms with Crippen molar-refractivity contribution in [3.63, 3.8) is 0 Å². The van der Waals surface area contributed by atoms with Crippen molar-refractivity contribution in [1.29, 1.82) is 0 Å². The molecule has 2 nitrogen and oxygen atoms in total. The van der Waals surface area contributed by atoms with Crippen LogP contribution in [0.4, 0.5) is 0 Å². The molecule has 2 heteroatoms. The first-order valence-corrected chi connectivity index (χ1v) is 8.59. The van der Waals surface area contributed by atoms with Gasteiger partial charge < -0.3 is 5.32 Å². The van der Waals surface area contributed by atoms with Crippen LogP contribution in [0.2, 0.25) is 0 Å². The average Bonchev–Trinajstić information content (AvgIpc) is 2.40. The number of hydrogen-bond donors (Lipinski definition) is 1. The summed E-state index contributed by atoms with van der Waals surface area (Å²) in [4.78, 5) is 2.70. The number of rotatable bonds is 8. The third-order valence-corrected chi connectivity index (χ3v) is 5.03. The molecule has 0 spiro atoms. The van der Waals surface area contributed by atoms with Crippen molar-refractivity contribution in [1.82, 2.24) is 10.2 Å². The molecule has 0 aromatic carbocycles. The molecular weight excluding hydrogens is 232 g/mol. The van der Waals surface area contributed by atoms with E-state index in [-0.39, 0.29) is 0 Å². The predicted octanol–water partition coefficient (Wildman–Crippen LogP) is 4.05. The summed E-state index contributed by atoms with van der Waals surface area (Å²) in [6, 6.07) is 2.20. The van der Waals surface area contributed by atoms with Gasteiger partial charge in [-0.05, 0) is 58.0 Å². The smallest absolute Gasteiger partial charge is 0.0246 e. The molecule has 0 aliphatic heterocycles. The molecule has 1 N–H and O–H groups in total. The molecule has 0 bridgehead atoms.